The third-order valence-corrected chi connectivity index (χ3v) is 8.55. The molecule has 0 spiro atoms. The van der Waals surface area contributed by atoms with E-state index < -0.39 is 15.7 Å². The molecule has 1 aliphatic rings. The van der Waals surface area contributed by atoms with Gasteiger partial charge in [0, 0.05) is 42.8 Å². The monoisotopic (exact) mass is 545 g/mol. The van der Waals surface area contributed by atoms with E-state index >= 15 is 0 Å². The van der Waals surface area contributed by atoms with Gasteiger partial charge in [0.25, 0.3) is 0 Å². The molecule has 4 aromatic rings. The highest BCUT2D eigenvalue weighted by Crippen LogP contribution is 2.37. The Kier molecular flexibility index (Phi) is 7.43. The summed E-state index contributed by atoms with van der Waals surface area (Å²) < 4.78 is 39.2. The molecule has 0 bridgehead atoms. The lowest BCUT2D eigenvalue weighted by Crippen LogP contribution is -2.27. The van der Waals surface area contributed by atoms with Crippen molar-refractivity contribution in [2.45, 2.75) is 31.9 Å². The lowest BCUT2D eigenvalue weighted by molar-refractivity contribution is -0.114. The summed E-state index contributed by atoms with van der Waals surface area (Å²) in [6.45, 7) is 1.41. The number of ketones is 1. The number of hydrogen-bond donors (Lipinski definition) is 2. The quantitative estimate of drug-likeness (QED) is 0.319. The second-order valence-corrected chi connectivity index (χ2v) is 12.1. The van der Waals surface area contributed by atoms with Gasteiger partial charge in [0.15, 0.2) is 15.6 Å². The number of nitrogens with zero attached hydrogens (tertiary/aromatic N) is 1. The van der Waals surface area contributed by atoms with Crippen LogP contribution < -0.4 is 5.32 Å². The summed E-state index contributed by atoms with van der Waals surface area (Å²) in [5.41, 5.74) is 5.23. The Balaban J connectivity index is 1.47. The SMILES string of the molecule is CC(=O)Nc1cc(-c2[nH]c3c(c2Cc2ccccc2)C(=O)CC(CS(=O)(=O)Cc2ccc(F)cc2)C3)ccn1. The van der Waals surface area contributed by atoms with Gasteiger partial charge in [-0.3, -0.25) is 9.59 Å². The van der Waals surface area contributed by atoms with Crippen molar-refractivity contribution in [1.82, 2.24) is 9.97 Å². The highest BCUT2D eigenvalue weighted by atomic mass is 32.2. The average molecular weight is 546 g/mol. The molecule has 1 atom stereocenters. The van der Waals surface area contributed by atoms with Gasteiger partial charge in [-0.15, -0.1) is 0 Å². The van der Waals surface area contributed by atoms with E-state index in [4.69, 9.17) is 0 Å². The molecule has 2 N–H and O–H groups in total. The van der Waals surface area contributed by atoms with Crippen LogP contribution in [0.15, 0.2) is 72.9 Å². The number of sulfone groups is 1. The minimum absolute atomic E-state index is 0.0946. The Bertz CT molecular complexity index is 1630. The standard InChI is InChI=1S/C30H28FN3O4S/c1-19(35)33-28-16-23(11-12-32-28)30-25(13-20-5-3-2-4-6-20)29-26(34-30)14-22(15-27(29)36)18-39(37,38)17-21-7-9-24(31)10-8-21/h2-12,16,22,34H,13-15,17-18H2,1H3,(H,32,33,35). The van der Waals surface area contributed by atoms with Crippen molar-refractivity contribution in [3.05, 3.63) is 107 Å². The van der Waals surface area contributed by atoms with Gasteiger partial charge in [0.05, 0.1) is 17.2 Å². The van der Waals surface area contributed by atoms with Gasteiger partial charge < -0.3 is 10.3 Å². The molecule has 0 aliphatic heterocycles. The Morgan fingerprint density at radius 2 is 1.79 bits per heavy atom. The lowest BCUT2D eigenvalue weighted by atomic mass is 9.84. The van der Waals surface area contributed by atoms with Crippen molar-refractivity contribution < 1.29 is 22.4 Å². The molecule has 7 nitrogen and oxygen atoms in total. The summed E-state index contributed by atoms with van der Waals surface area (Å²) >= 11 is 0. The zero-order valence-electron chi connectivity index (χ0n) is 21.4. The van der Waals surface area contributed by atoms with Gasteiger partial charge in [-0.25, -0.2) is 17.8 Å². The number of nitrogens with one attached hydrogen (secondary N) is 2. The Morgan fingerprint density at radius 3 is 2.51 bits per heavy atom. The summed E-state index contributed by atoms with van der Waals surface area (Å²) in [6, 6.07) is 18.8. The van der Waals surface area contributed by atoms with Crippen LogP contribution in [0.5, 0.6) is 0 Å². The fraction of sp³-hybridized carbons (Fsp3) is 0.233. The number of benzene rings is 2. The highest BCUT2D eigenvalue weighted by Gasteiger charge is 2.33. The molecular formula is C30H28FN3O4S. The zero-order chi connectivity index (χ0) is 27.6. The molecule has 2 aromatic carbocycles. The maximum absolute atomic E-state index is 13.5. The molecule has 200 valence electrons. The van der Waals surface area contributed by atoms with Crippen molar-refractivity contribution in [3.63, 3.8) is 0 Å². The molecule has 0 radical (unpaired) electrons. The first-order valence-corrected chi connectivity index (χ1v) is 14.5. The van der Waals surface area contributed by atoms with E-state index in [9.17, 15) is 22.4 Å². The molecule has 0 saturated heterocycles. The fourth-order valence-corrected chi connectivity index (χ4v) is 7.01. The number of rotatable bonds is 8. The maximum Gasteiger partial charge on any atom is 0.222 e. The maximum atomic E-state index is 13.5. The molecule has 0 saturated carbocycles. The minimum atomic E-state index is -3.53. The van der Waals surface area contributed by atoms with Gasteiger partial charge in [0.1, 0.15) is 11.6 Å². The van der Waals surface area contributed by atoms with Crippen LogP contribution in [0.2, 0.25) is 0 Å². The van der Waals surface area contributed by atoms with Gasteiger partial charge in [-0.2, -0.15) is 0 Å². The molecule has 2 aromatic heterocycles. The predicted molar refractivity (Wildman–Crippen MR) is 148 cm³/mol. The molecular weight excluding hydrogens is 517 g/mol. The molecule has 9 heteroatoms. The molecule has 39 heavy (non-hydrogen) atoms. The summed E-state index contributed by atoms with van der Waals surface area (Å²) in [7, 11) is -3.53. The topological polar surface area (TPSA) is 109 Å². The summed E-state index contributed by atoms with van der Waals surface area (Å²) in [6.07, 6.45) is 2.65. The molecule has 1 aliphatic carbocycles. The number of carbonyl (C=O) groups excluding carboxylic acids is 2. The first-order valence-electron chi connectivity index (χ1n) is 12.7. The van der Waals surface area contributed by atoms with Crippen molar-refractivity contribution in [1.29, 1.82) is 0 Å². The molecule has 1 amide bonds. The predicted octanol–water partition coefficient (Wildman–Crippen LogP) is 5.13. The van der Waals surface area contributed by atoms with Gasteiger partial charge >= 0.3 is 0 Å². The molecule has 2 heterocycles. The van der Waals surface area contributed by atoms with E-state index in [2.05, 4.69) is 15.3 Å². The van der Waals surface area contributed by atoms with Crippen LogP contribution in [0.4, 0.5) is 10.2 Å². The van der Waals surface area contributed by atoms with Crippen molar-refractivity contribution >= 4 is 27.3 Å². The van der Waals surface area contributed by atoms with Crippen LogP contribution in [0, 0.1) is 11.7 Å². The number of amides is 1. The van der Waals surface area contributed by atoms with Crippen LogP contribution in [0.25, 0.3) is 11.3 Å². The zero-order valence-corrected chi connectivity index (χ0v) is 22.2. The fourth-order valence-electron chi connectivity index (χ4n) is 5.24. The Hall–Kier alpha value is -4.11. The normalized spacial score (nSPS) is 15.1. The van der Waals surface area contributed by atoms with Crippen molar-refractivity contribution in [3.8, 4) is 11.3 Å². The first kappa shape index (κ1) is 26.5. The summed E-state index contributed by atoms with van der Waals surface area (Å²) in [4.78, 5) is 32.7. The number of aromatic nitrogens is 2. The third-order valence-electron chi connectivity index (χ3n) is 6.79. The summed E-state index contributed by atoms with van der Waals surface area (Å²) in [5, 5.41) is 2.69. The highest BCUT2D eigenvalue weighted by molar-refractivity contribution is 7.90. The number of Topliss-reactive ketones (excluding diaryl/α,β-unsaturated/α-hetero) is 1. The number of fused-ring (bicyclic) bond motifs is 1. The lowest BCUT2D eigenvalue weighted by Gasteiger charge is -2.22. The number of pyridine rings is 1. The Morgan fingerprint density at radius 1 is 1.05 bits per heavy atom. The van der Waals surface area contributed by atoms with E-state index in [0.717, 1.165) is 22.4 Å². The van der Waals surface area contributed by atoms with Gasteiger partial charge in [-0.1, -0.05) is 42.5 Å². The largest absolute Gasteiger partial charge is 0.358 e. The van der Waals surface area contributed by atoms with Gasteiger partial charge in [0.2, 0.25) is 5.91 Å². The summed E-state index contributed by atoms with van der Waals surface area (Å²) in [5.74, 6) is -1.08. The van der Waals surface area contributed by atoms with Crippen LogP contribution in [0.1, 0.15) is 46.1 Å². The molecule has 5 rings (SSSR count). The first-order chi connectivity index (χ1) is 18.7. The Labute approximate surface area is 226 Å². The molecule has 1 unspecified atom stereocenters. The second-order valence-electron chi connectivity index (χ2n) is 9.98. The van der Waals surface area contributed by atoms with E-state index in [0.29, 0.717) is 35.5 Å². The van der Waals surface area contributed by atoms with Gasteiger partial charge in [-0.05, 0) is 53.3 Å². The van der Waals surface area contributed by atoms with E-state index in [1.165, 1.54) is 31.2 Å². The van der Waals surface area contributed by atoms with E-state index in [1.54, 1.807) is 12.3 Å². The average Bonchev–Trinajstić information content (AvgIpc) is 3.24. The van der Waals surface area contributed by atoms with E-state index in [1.807, 2.05) is 36.4 Å². The third kappa shape index (κ3) is 6.31. The van der Waals surface area contributed by atoms with Crippen LogP contribution in [-0.4, -0.2) is 35.8 Å². The van der Waals surface area contributed by atoms with Crippen LogP contribution in [0.3, 0.4) is 0 Å². The smallest absolute Gasteiger partial charge is 0.222 e. The number of hydrogen-bond acceptors (Lipinski definition) is 5. The number of H-pyrrole nitrogens is 1. The number of anilines is 1. The number of halogens is 1. The van der Waals surface area contributed by atoms with Crippen molar-refractivity contribution in [2.24, 2.45) is 5.92 Å². The van der Waals surface area contributed by atoms with Crippen molar-refractivity contribution in [2.75, 3.05) is 11.1 Å². The number of carbonyl (C=O) groups is 2. The van der Waals surface area contributed by atoms with Crippen LogP contribution in [-0.2, 0) is 33.2 Å². The van der Waals surface area contributed by atoms with Crippen LogP contribution >= 0.6 is 0 Å². The minimum Gasteiger partial charge on any atom is -0.358 e. The molecule has 0 fully saturated rings. The second kappa shape index (κ2) is 10.9. The number of aromatic amines is 1. The van der Waals surface area contributed by atoms with E-state index in [-0.39, 0.29) is 35.5 Å².